The van der Waals surface area contributed by atoms with Crippen LogP contribution in [-0.4, -0.2) is 27.6 Å². The van der Waals surface area contributed by atoms with Gasteiger partial charge in [0.2, 0.25) is 0 Å². The van der Waals surface area contributed by atoms with Crippen molar-refractivity contribution < 1.29 is 9.13 Å². The van der Waals surface area contributed by atoms with Crippen molar-refractivity contribution in [3.05, 3.63) is 28.8 Å². The quantitative estimate of drug-likeness (QED) is 0.786. The Labute approximate surface area is 133 Å². The fraction of sp³-hybridized carbons (Fsp3) is 0.533. The van der Waals surface area contributed by atoms with E-state index in [2.05, 4.69) is 11.9 Å². The number of benzene rings is 1. The number of imidazole rings is 1. The molecule has 21 heavy (non-hydrogen) atoms. The first kappa shape index (κ1) is 15.1. The van der Waals surface area contributed by atoms with Crippen molar-refractivity contribution in [3.63, 3.8) is 0 Å². The summed E-state index contributed by atoms with van der Waals surface area (Å²) in [5.74, 6) is 0.885. The Morgan fingerprint density at radius 2 is 2.29 bits per heavy atom. The molecule has 1 aliphatic rings. The lowest BCUT2D eigenvalue weighted by atomic mass is 10.0. The van der Waals surface area contributed by atoms with Gasteiger partial charge in [0, 0.05) is 25.0 Å². The zero-order valence-electron chi connectivity index (χ0n) is 11.8. The Morgan fingerprint density at radius 1 is 1.48 bits per heavy atom. The SMILES string of the molecule is CC1(Cn2c(CCCl)nc3cc(Cl)c(F)cc32)CCCO1. The van der Waals surface area contributed by atoms with Gasteiger partial charge in [-0.25, -0.2) is 9.37 Å². The monoisotopic (exact) mass is 330 g/mol. The lowest BCUT2D eigenvalue weighted by Gasteiger charge is -2.25. The molecule has 0 radical (unpaired) electrons. The Hall–Kier alpha value is -0.840. The molecular weight excluding hydrogens is 314 g/mol. The van der Waals surface area contributed by atoms with Crippen LogP contribution in [0.3, 0.4) is 0 Å². The fourth-order valence-corrected chi connectivity index (χ4v) is 3.24. The van der Waals surface area contributed by atoms with Crippen molar-refractivity contribution in [1.82, 2.24) is 9.55 Å². The van der Waals surface area contributed by atoms with Crippen LogP contribution in [0.1, 0.15) is 25.6 Å². The Morgan fingerprint density at radius 3 is 2.95 bits per heavy atom. The molecule has 2 aromatic rings. The molecule has 1 unspecified atom stereocenters. The highest BCUT2D eigenvalue weighted by Gasteiger charge is 2.31. The van der Waals surface area contributed by atoms with Gasteiger partial charge >= 0.3 is 0 Å². The van der Waals surface area contributed by atoms with Crippen LogP contribution in [0.4, 0.5) is 4.39 Å². The summed E-state index contributed by atoms with van der Waals surface area (Å²) in [6.45, 7) is 3.51. The van der Waals surface area contributed by atoms with Crippen molar-refractivity contribution in [2.24, 2.45) is 0 Å². The predicted octanol–water partition coefficient (Wildman–Crippen LogP) is 4.18. The third-order valence-electron chi connectivity index (χ3n) is 3.98. The minimum Gasteiger partial charge on any atom is -0.373 e. The van der Waals surface area contributed by atoms with Gasteiger partial charge < -0.3 is 9.30 Å². The highest BCUT2D eigenvalue weighted by molar-refractivity contribution is 6.31. The van der Waals surface area contributed by atoms with Crippen LogP contribution in [-0.2, 0) is 17.7 Å². The molecule has 0 N–H and O–H groups in total. The van der Waals surface area contributed by atoms with Gasteiger partial charge in [-0.3, -0.25) is 0 Å². The van der Waals surface area contributed by atoms with Gasteiger partial charge in [0.1, 0.15) is 11.6 Å². The van der Waals surface area contributed by atoms with Crippen LogP contribution in [0.15, 0.2) is 12.1 Å². The second-order valence-electron chi connectivity index (χ2n) is 5.71. The van der Waals surface area contributed by atoms with Crippen LogP contribution >= 0.6 is 23.2 Å². The summed E-state index contributed by atoms with van der Waals surface area (Å²) < 4.78 is 21.7. The van der Waals surface area contributed by atoms with E-state index in [4.69, 9.17) is 27.9 Å². The van der Waals surface area contributed by atoms with E-state index in [1.165, 1.54) is 6.07 Å². The molecule has 0 saturated carbocycles. The molecule has 1 fully saturated rings. The highest BCUT2D eigenvalue weighted by Crippen LogP contribution is 2.31. The van der Waals surface area contributed by atoms with Crippen molar-refractivity contribution in [1.29, 1.82) is 0 Å². The molecule has 0 aliphatic carbocycles. The molecular formula is C15H17Cl2FN2O. The average Bonchev–Trinajstić information content (AvgIpc) is 2.98. The topological polar surface area (TPSA) is 27.1 Å². The van der Waals surface area contributed by atoms with E-state index < -0.39 is 5.82 Å². The van der Waals surface area contributed by atoms with Gasteiger partial charge in [-0.05, 0) is 25.8 Å². The van der Waals surface area contributed by atoms with E-state index in [0.29, 0.717) is 24.4 Å². The molecule has 2 heterocycles. The number of aryl methyl sites for hydroxylation is 1. The standard InChI is InChI=1S/C15H17Cl2FN2O/c1-15(4-2-6-21-15)9-20-13-8-11(18)10(17)7-12(13)19-14(20)3-5-16/h7-8H,2-6,9H2,1H3. The number of rotatable bonds is 4. The Kier molecular flexibility index (Phi) is 4.12. The number of halogens is 3. The largest absolute Gasteiger partial charge is 0.373 e. The molecule has 3 rings (SSSR count). The first-order valence-corrected chi connectivity index (χ1v) is 7.98. The summed E-state index contributed by atoms with van der Waals surface area (Å²) in [6, 6.07) is 3.01. The van der Waals surface area contributed by atoms with E-state index in [-0.39, 0.29) is 10.6 Å². The van der Waals surface area contributed by atoms with Crippen LogP contribution in [0, 0.1) is 5.82 Å². The van der Waals surface area contributed by atoms with E-state index in [1.807, 2.05) is 4.57 Å². The van der Waals surface area contributed by atoms with Gasteiger partial charge in [-0.1, -0.05) is 11.6 Å². The molecule has 3 nitrogen and oxygen atoms in total. The first-order chi connectivity index (χ1) is 10.0. The summed E-state index contributed by atoms with van der Waals surface area (Å²) in [7, 11) is 0. The predicted molar refractivity (Wildman–Crippen MR) is 82.7 cm³/mol. The van der Waals surface area contributed by atoms with Crippen LogP contribution in [0.2, 0.25) is 5.02 Å². The maximum Gasteiger partial charge on any atom is 0.144 e. The minimum absolute atomic E-state index is 0.0906. The lowest BCUT2D eigenvalue weighted by molar-refractivity contribution is 0.00652. The summed E-state index contributed by atoms with van der Waals surface area (Å²) in [5, 5.41) is 0.0906. The lowest BCUT2D eigenvalue weighted by Crippen LogP contribution is -2.30. The summed E-state index contributed by atoms with van der Waals surface area (Å²) in [5.41, 5.74) is 1.21. The van der Waals surface area contributed by atoms with Crippen molar-refractivity contribution in [2.45, 2.75) is 38.3 Å². The molecule has 0 spiro atoms. The maximum absolute atomic E-state index is 13.8. The van der Waals surface area contributed by atoms with E-state index in [1.54, 1.807) is 6.07 Å². The first-order valence-electron chi connectivity index (χ1n) is 7.06. The molecule has 0 bridgehead atoms. The molecule has 1 aromatic carbocycles. The highest BCUT2D eigenvalue weighted by atomic mass is 35.5. The van der Waals surface area contributed by atoms with E-state index in [0.717, 1.165) is 30.8 Å². The van der Waals surface area contributed by atoms with Gasteiger partial charge in [0.15, 0.2) is 0 Å². The molecule has 1 saturated heterocycles. The van der Waals surface area contributed by atoms with Crippen LogP contribution in [0.25, 0.3) is 11.0 Å². The van der Waals surface area contributed by atoms with Gasteiger partial charge in [-0.2, -0.15) is 0 Å². The number of aromatic nitrogens is 2. The van der Waals surface area contributed by atoms with Crippen molar-refractivity contribution in [2.75, 3.05) is 12.5 Å². The van der Waals surface area contributed by atoms with Gasteiger partial charge in [-0.15, -0.1) is 11.6 Å². The molecule has 6 heteroatoms. The second kappa shape index (κ2) is 5.75. The third kappa shape index (κ3) is 2.89. The molecule has 1 atom stereocenters. The smallest absolute Gasteiger partial charge is 0.144 e. The normalized spacial score (nSPS) is 22.3. The second-order valence-corrected chi connectivity index (χ2v) is 6.50. The number of fused-ring (bicyclic) bond motifs is 1. The minimum atomic E-state index is -0.430. The average molecular weight is 331 g/mol. The fourth-order valence-electron chi connectivity index (χ4n) is 2.92. The van der Waals surface area contributed by atoms with E-state index in [9.17, 15) is 4.39 Å². The van der Waals surface area contributed by atoms with Gasteiger partial charge in [0.05, 0.1) is 28.2 Å². The Balaban J connectivity index is 2.08. The van der Waals surface area contributed by atoms with Crippen molar-refractivity contribution in [3.8, 4) is 0 Å². The molecule has 1 aromatic heterocycles. The van der Waals surface area contributed by atoms with E-state index >= 15 is 0 Å². The number of nitrogens with zero attached hydrogens (tertiary/aromatic N) is 2. The maximum atomic E-state index is 13.8. The van der Waals surface area contributed by atoms with Crippen LogP contribution in [0.5, 0.6) is 0 Å². The number of hydrogen-bond donors (Lipinski definition) is 0. The molecule has 0 amide bonds. The summed E-state index contributed by atoms with van der Waals surface area (Å²) in [6.07, 6.45) is 2.67. The molecule has 1 aliphatic heterocycles. The van der Waals surface area contributed by atoms with Crippen molar-refractivity contribution >= 4 is 34.2 Å². The van der Waals surface area contributed by atoms with Gasteiger partial charge in [0.25, 0.3) is 0 Å². The summed E-state index contributed by atoms with van der Waals surface area (Å²) >= 11 is 11.7. The number of ether oxygens (including phenoxy) is 1. The zero-order chi connectivity index (χ0) is 15.0. The zero-order valence-corrected chi connectivity index (χ0v) is 13.3. The van der Waals surface area contributed by atoms with Crippen LogP contribution < -0.4 is 0 Å². The third-order valence-corrected chi connectivity index (χ3v) is 4.46. The Bertz CT molecular complexity index is 665. The molecule has 114 valence electrons. The summed E-state index contributed by atoms with van der Waals surface area (Å²) in [4.78, 5) is 4.55. The number of hydrogen-bond acceptors (Lipinski definition) is 2. The number of alkyl halides is 1.